The van der Waals surface area contributed by atoms with Crippen molar-refractivity contribution in [3.8, 4) is 0 Å². The highest BCUT2D eigenvalue weighted by atomic mass is 16.3. The summed E-state index contributed by atoms with van der Waals surface area (Å²) >= 11 is 0. The molecule has 1 aliphatic rings. The minimum absolute atomic E-state index is 0.185. The van der Waals surface area contributed by atoms with Gasteiger partial charge < -0.3 is 15.1 Å². The molecule has 20 heavy (non-hydrogen) atoms. The number of nitrogens with zero attached hydrogens (tertiary/aromatic N) is 2. The number of rotatable bonds is 2. The summed E-state index contributed by atoms with van der Waals surface area (Å²) in [6.45, 7) is 3.39. The standard InChI is InChI=1S/C15H19N3O2/c1-10-5-6-14(19)18(8-7-10)9-13-17-15-11(16)3-2-4-12(15)20-13/h2-4,10H,5-9,16H2,1H3. The molecule has 0 saturated carbocycles. The average Bonchev–Trinajstić information content (AvgIpc) is 2.78. The predicted octanol–water partition coefficient (Wildman–Crippen LogP) is 2.56. The fraction of sp³-hybridized carbons (Fsp3) is 0.467. The van der Waals surface area contributed by atoms with E-state index >= 15 is 0 Å². The van der Waals surface area contributed by atoms with Gasteiger partial charge in [-0.1, -0.05) is 13.0 Å². The lowest BCUT2D eigenvalue weighted by molar-refractivity contribution is -0.131. The van der Waals surface area contributed by atoms with E-state index in [1.165, 1.54) is 0 Å². The quantitative estimate of drug-likeness (QED) is 0.853. The normalized spacial score (nSPS) is 20.4. The molecule has 1 aromatic carbocycles. The van der Waals surface area contributed by atoms with Crippen molar-refractivity contribution in [1.82, 2.24) is 9.88 Å². The first-order chi connectivity index (χ1) is 9.63. The van der Waals surface area contributed by atoms with Crippen molar-refractivity contribution in [3.05, 3.63) is 24.1 Å². The number of anilines is 1. The summed E-state index contributed by atoms with van der Waals surface area (Å²) in [5, 5.41) is 0. The van der Waals surface area contributed by atoms with Crippen LogP contribution in [0.3, 0.4) is 0 Å². The van der Waals surface area contributed by atoms with Crippen molar-refractivity contribution < 1.29 is 9.21 Å². The van der Waals surface area contributed by atoms with Crippen LogP contribution in [-0.2, 0) is 11.3 Å². The molecule has 106 valence electrons. The lowest BCUT2D eigenvalue weighted by Gasteiger charge is -2.18. The Morgan fingerprint density at radius 1 is 1.45 bits per heavy atom. The van der Waals surface area contributed by atoms with Gasteiger partial charge >= 0.3 is 0 Å². The zero-order valence-electron chi connectivity index (χ0n) is 11.6. The summed E-state index contributed by atoms with van der Waals surface area (Å²) in [6.07, 6.45) is 2.62. The largest absolute Gasteiger partial charge is 0.439 e. The maximum atomic E-state index is 12.1. The molecule has 2 N–H and O–H groups in total. The molecule has 1 atom stereocenters. The maximum absolute atomic E-state index is 12.1. The SMILES string of the molecule is CC1CCC(=O)N(Cc2nc3c(N)cccc3o2)CC1. The van der Waals surface area contributed by atoms with E-state index in [0.29, 0.717) is 41.6 Å². The molecular formula is C15H19N3O2. The van der Waals surface area contributed by atoms with E-state index in [-0.39, 0.29) is 5.91 Å². The maximum Gasteiger partial charge on any atom is 0.223 e. The van der Waals surface area contributed by atoms with E-state index in [2.05, 4.69) is 11.9 Å². The number of oxazole rings is 1. The van der Waals surface area contributed by atoms with Gasteiger partial charge in [0.15, 0.2) is 5.58 Å². The van der Waals surface area contributed by atoms with E-state index in [4.69, 9.17) is 10.2 Å². The van der Waals surface area contributed by atoms with Crippen molar-refractivity contribution in [2.24, 2.45) is 5.92 Å². The molecular weight excluding hydrogens is 254 g/mol. The minimum atomic E-state index is 0.185. The van der Waals surface area contributed by atoms with Crippen LogP contribution in [0.2, 0.25) is 0 Å². The second-order valence-electron chi connectivity index (χ2n) is 5.55. The zero-order chi connectivity index (χ0) is 14.1. The minimum Gasteiger partial charge on any atom is -0.439 e. The van der Waals surface area contributed by atoms with Gasteiger partial charge in [-0.05, 0) is 30.9 Å². The van der Waals surface area contributed by atoms with E-state index in [1.807, 2.05) is 17.0 Å². The Morgan fingerprint density at radius 3 is 3.10 bits per heavy atom. The summed E-state index contributed by atoms with van der Waals surface area (Å²) in [7, 11) is 0. The number of aromatic nitrogens is 1. The first kappa shape index (κ1) is 13.0. The second kappa shape index (κ2) is 5.15. The fourth-order valence-corrected chi connectivity index (χ4v) is 2.59. The van der Waals surface area contributed by atoms with Gasteiger partial charge in [-0.3, -0.25) is 4.79 Å². The Kier molecular flexibility index (Phi) is 3.34. The lowest BCUT2D eigenvalue weighted by Crippen LogP contribution is -2.29. The van der Waals surface area contributed by atoms with Gasteiger partial charge in [0.25, 0.3) is 0 Å². The van der Waals surface area contributed by atoms with E-state index < -0.39 is 0 Å². The number of nitrogens with two attached hydrogens (primary N) is 1. The number of carbonyl (C=O) groups is 1. The Balaban J connectivity index is 1.81. The third kappa shape index (κ3) is 2.48. The Labute approximate surface area is 117 Å². The molecule has 1 unspecified atom stereocenters. The predicted molar refractivity (Wildman–Crippen MR) is 76.9 cm³/mol. The number of para-hydroxylation sites is 1. The molecule has 0 radical (unpaired) electrons. The van der Waals surface area contributed by atoms with Crippen molar-refractivity contribution in [2.45, 2.75) is 32.7 Å². The van der Waals surface area contributed by atoms with Crippen LogP contribution in [0, 0.1) is 5.92 Å². The van der Waals surface area contributed by atoms with Crippen LogP contribution < -0.4 is 5.73 Å². The number of nitrogen functional groups attached to an aromatic ring is 1. The third-order valence-corrected chi connectivity index (χ3v) is 3.92. The Bertz CT molecular complexity index is 635. The zero-order valence-corrected chi connectivity index (χ0v) is 11.6. The molecule has 1 saturated heterocycles. The molecule has 0 spiro atoms. The summed E-state index contributed by atoms with van der Waals surface area (Å²) < 4.78 is 5.68. The summed E-state index contributed by atoms with van der Waals surface area (Å²) in [5.74, 6) is 1.34. The number of amides is 1. The lowest BCUT2D eigenvalue weighted by atomic mass is 10.0. The molecule has 1 amide bonds. The summed E-state index contributed by atoms with van der Waals surface area (Å²) in [4.78, 5) is 18.3. The number of likely N-dealkylation sites (tertiary alicyclic amines) is 1. The first-order valence-electron chi connectivity index (χ1n) is 7.05. The van der Waals surface area contributed by atoms with Crippen LogP contribution in [0.5, 0.6) is 0 Å². The summed E-state index contributed by atoms with van der Waals surface area (Å²) in [5.41, 5.74) is 7.83. The number of benzene rings is 1. The Morgan fingerprint density at radius 2 is 2.30 bits per heavy atom. The average molecular weight is 273 g/mol. The highest BCUT2D eigenvalue weighted by Crippen LogP contribution is 2.23. The van der Waals surface area contributed by atoms with Gasteiger partial charge in [0.2, 0.25) is 11.8 Å². The highest BCUT2D eigenvalue weighted by Gasteiger charge is 2.22. The number of fused-ring (bicyclic) bond motifs is 1. The molecule has 2 aromatic rings. The van der Waals surface area contributed by atoms with Gasteiger partial charge in [0, 0.05) is 13.0 Å². The van der Waals surface area contributed by atoms with Gasteiger partial charge in [-0.15, -0.1) is 0 Å². The molecule has 5 nitrogen and oxygen atoms in total. The molecule has 0 bridgehead atoms. The van der Waals surface area contributed by atoms with Crippen molar-refractivity contribution in [2.75, 3.05) is 12.3 Å². The van der Waals surface area contributed by atoms with Gasteiger partial charge in [-0.2, -0.15) is 0 Å². The monoisotopic (exact) mass is 273 g/mol. The van der Waals surface area contributed by atoms with Crippen LogP contribution in [-0.4, -0.2) is 22.3 Å². The fourth-order valence-electron chi connectivity index (χ4n) is 2.59. The van der Waals surface area contributed by atoms with Crippen molar-refractivity contribution in [3.63, 3.8) is 0 Å². The Hall–Kier alpha value is -2.04. The van der Waals surface area contributed by atoms with Crippen LogP contribution >= 0.6 is 0 Å². The topological polar surface area (TPSA) is 72.4 Å². The van der Waals surface area contributed by atoms with Crippen molar-refractivity contribution >= 4 is 22.7 Å². The first-order valence-corrected chi connectivity index (χ1v) is 7.05. The van der Waals surface area contributed by atoms with Crippen molar-refractivity contribution in [1.29, 1.82) is 0 Å². The van der Waals surface area contributed by atoms with Gasteiger partial charge in [0.05, 0.1) is 12.2 Å². The molecule has 5 heteroatoms. The smallest absolute Gasteiger partial charge is 0.223 e. The second-order valence-corrected chi connectivity index (χ2v) is 5.55. The summed E-state index contributed by atoms with van der Waals surface area (Å²) in [6, 6.07) is 5.48. The van der Waals surface area contributed by atoms with Crippen LogP contribution in [0.15, 0.2) is 22.6 Å². The van der Waals surface area contributed by atoms with E-state index in [0.717, 1.165) is 19.4 Å². The molecule has 1 aromatic heterocycles. The van der Waals surface area contributed by atoms with Crippen LogP contribution in [0.25, 0.3) is 11.1 Å². The molecule has 0 aliphatic carbocycles. The van der Waals surface area contributed by atoms with Gasteiger partial charge in [-0.25, -0.2) is 4.98 Å². The molecule has 2 heterocycles. The molecule has 1 aliphatic heterocycles. The van der Waals surface area contributed by atoms with E-state index in [1.54, 1.807) is 6.07 Å². The highest BCUT2D eigenvalue weighted by molar-refractivity contribution is 5.85. The van der Waals surface area contributed by atoms with E-state index in [9.17, 15) is 4.79 Å². The number of hydrogen-bond acceptors (Lipinski definition) is 4. The molecule has 3 rings (SSSR count). The van der Waals surface area contributed by atoms with Crippen LogP contribution in [0.1, 0.15) is 32.1 Å². The third-order valence-electron chi connectivity index (χ3n) is 3.92. The molecule has 1 fully saturated rings. The van der Waals surface area contributed by atoms with Gasteiger partial charge in [0.1, 0.15) is 5.52 Å². The van der Waals surface area contributed by atoms with Crippen LogP contribution in [0.4, 0.5) is 5.69 Å². The number of carbonyl (C=O) groups excluding carboxylic acids is 1. The number of hydrogen-bond donors (Lipinski definition) is 1.